The van der Waals surface area contributed by atoms with Gasteiger partial charge in [0.05, 0.1) is 6.10 Å². The molecular weight excluding hydrogens is 251 g/mol. The van der Waals surface area contributed by atoms with Crippen molar-refractivity contribution in [3.05, 3.63) is 22.3 Å². The average molecular weight is 266 g/mol. The van der Waals surface area contributed by atoms with Gasteiger partial charge in [0.15, 0.2) is 0 Å². The fourth-order valence-electron chi connectivity index (χ4n) is 0.732. The van der Waals surface area contributed by atoms with Crippen LogP contribution in [0.1, 0.15) is 26.2 Å². The zero-order valence-corrected chi connectivity index (χ0v) is 8.99. The molecule has 1 unspecified atom stereocenters. The average Bonchev–Trinajstić information content (AvgIpc) is 1.99. The van der Waals surface area contributed by atoms with E-state index in [1.165, 1.54) is 0 Å². The minimum atomic E-state index is -0.270. The van der Waals surface area contributed by atoms with Gasteiger partial charge in [0, 0.05) is 0 Å². The zero-order valence-electron chi connectivity index (χ0n) is 6.83. The van der Waals surface area contributed by atoms with Crippen molar-refractivity contribution in [2.24, 2.45) is 0 Å². The van der Waals surface area contributed by atoms with Gasteiger partial charge in [-0.15, -0.1) is 0 Å². The van der Waals surface area contributed by atoms with E-state index in [2.05, 4.69) is 41.7 Å². The molecule has 0 amide bonds. The van der Waals surface area contributed by atoms with Gasteiger partial charge in [0.25, 0.3) is 0 Å². The molecule has 1 atom stereocenters. The van der Waals surface area contributed by atoms with Crippen molar-refractivity contribution < 1.29 is 5.11 Å². The summed E-state index contributed by atoms with van der Waals surface area (Å²) in [4.78, 5) is 0. The third-order valence-corrected chi connectivity index (χ3v) is 1.74. The number of aliphatic hydroxyl groups is 1. The summed E-state index contributed by atoms with van der Waals surface area (Å²) in [6.45, 7) is 2.11. The van der Waals surface area contributed by atoms with E-state index in [-0.39, 0.29) is 6.10 Å². The Labute approximate surface area is 82.3 Å². The van der Waals surface area contributed by atoms with Crippen LogP contribution in [0.5, 0.6) is 0 Å². The summed E-state index contributed by atoms with van der Waals surface area (Å²) in [6, 6.07) is 0. The summed E-state index contributed by atoms with van der Waals surface area (Å²) in [7, 11) is 0. The molecule has 0 bridgehead atoms. The van der Waals surface area contributed by atoms with Crippen LogP contribution >= 0.6 is 22.6 Å². The highest BCUT2D eigenvalue weighted by Gasteiger charge is 1.94. The summed E-state index contributed by atoms with van der Waals surface area (Å²) < 4.78 is 1.85. The highest BCUT2D eigenvalue weighted by Crippen LogP contribution is 2.01. The Morgan fingerprint density at radius 1 is 1.45 bits per heavy atom. The van der Waals surface area contributed by atoms with E-state index in [1.54, 1.807) is 6.08 Å². The maximum Gasteiger partial charge on any atom is 0.0731 e. The lowest BCUT2D eigenvalue weighted by molar-refractivity contribution is 0.214. The molecule has 0 aliphatic carbocycles. The molecule has 11 heavy (non-hydrogen) atoms. The van der Waals surface area contributed by atoms with Crippen LogP contribution in [-0.2, 0) is 0 Å². The molecule has 0 aliphatic rings. The molecule has 0 aromatic rings. The van der Waals surface area contributed by atoms with Gasteiger partial charge in [-0.3, -0.25) is 0 Å². The first-order chi connectivity index (χ1) is 5.31. The summed E-state index contributed by atoms with van der Waals surface area (Å²) in [5.74, 6) is 0. The van der Waals surface area contributed by atoms with Crippen LogP contribution < -0.4 is 0 Å². The number of hydrogen-bond acceptors (Lipinski definition) is 1. The first-order valence-electron chi connectivity index (χ1n) is 3.91. The fourth-order valence-corrected chi connectivity index (χ4v) is 1.21. The van der Waals surface area contributed by atoms with Gasteiger partial charge >= 0.3 is 0 Å². The second kappa shape index (κ2) is 8.27. The van der Waals surface area contributed by atoms with Gasteiger partial charge < -0.3 is 5.11 Å². The molecular formula is C9H15IO. The SMILES string of the molecule is CCC=CCCC(O)/C=C/I. The quantitative estimate of drug-likeness (QED) is 0.599. The van der Waals surface area contributed by atoms with Gasteiger partial charge in [-0.2, -0.15) is 0 Å². The molecule has 1 N–H and O–H groups in total. The van der Waals surface area contributed by atoms with Crippen molar-refractivity contribution in [2.75, 3.05) is 0 Å². The smallest absolute Gasteiger partial charge is 0.0731 e. The summed E-state index contributed by atoms with van der Waals surface area (Å²) in [6.07, 6.45) is 8.66. The molecule has 0 rings (SSSR count). The van der Waals surface area contributed by atoms with Crippen molar-refractivity contribution in [2.45, 2.75) is 32.3 Å². The molecule has 0 heterocycles. The van der Waals surface area contributed by atoms with Crippen LogP contribution in [0.15, 0.2) is 22.3 Å². The Kier molecular flexibility index (Phi) is 8.40. The predicted molar refractivity (Wildman–Crippen MR) is 57.8 cm³/mol. The maximum atomic E-state index is 9.22. The third-order valence-electron chi connectivity index (χ3n) is 1.33. The molecule has 0 spiro atoms. The van der Waals surface area contributed by atoms with Crippen LogP contribution in [-0.4, -0.2) is 11.2 Å². The number of allylic oxidation sites excluding steroid dienone is 2. The van der Waals surface area contributed by atoms with E-state index in [9.17, 15) is 5.11 Å². The van der Waals surface area contributed by atoms with Crippen LogP contribution in [0.2, 0.25) is 0 Å². The monoisotopic (exact) mass is 266 g/mol. The Bertz CT molecular complexity index is 130. The lowest BCUT2D eigenvalue weighted by Crippen LogP contribution is -1.99. The molecule has 0 saturated carbocycles. The van der Waals surface area contributed by atoms with Gasteiger partial charge in [0.1, 0.15) is 0 Å². The topological polar surface area (TPSA) is 20.2 Å². The van der Waals surface area contributed by atoms with E-state index < -0.39 is 0 Å². The highest BCUT2D eigenvalue weighted by atomic mass is 127. The van der Waals surface area contributed by atoms with E-state index >= 15 is 0 Å². The van der Waals surface area contributed by atoms with E-state index in [4.69, 9.17) is 0 Å². The standard InChI is InChI=1S/C9H15IO/c1-2-3-4-5-6-9(11)7-8-10/h3-4,7-9,11H,2,5-6H2,1H3/b4-3?,8-7+. The second-order valence-electron chi connectivity index (χ2n) is 2.34. The Balaban J connectivity index is 3.30. The summed E-state index contributed by atoms with van der Waals surface area (Å²) >= 11 is 2.11. The molecule has 0 aromatic carbocycles. The molecule has 0 aromatic heterocycles. The van der Waals surface area contributed by atoms with Crippen molar-refractivity contribution in [1.29, 1.82) is 0 Å². The van der Waals surface area contributed by atoms with E-state index in [1.807, 2.05) is 4.08 Å². The molecule has 0 fully saturated rings. The van der Waals surface area contributed by atoms with Gasteiger partial charge in [0.2, 0.25) is 0 Å². The van der Waals surface area contributed by atoms with Crippen molar-refractivity contribution in [1.82, 2.24) is 0 Å². The van der Waals surface area contributed by atoms with Gasteiger partial charge in [-0.1, -0.05) is 47.7 Å². The van der Waals surface area contributed by atoms with E-state index in [0.717, 1.165) is 19.3 Å². The fraction of sp³-hybridized carbons (Fsp3) is 0.556. The number of hydrogen-bond donors (Lipinski definition) is 1. The molecule has 1 nitrogen and oxygen atoms in total. The lowest BCUT2D eigenvalue weighted by Gasteiger charge is -2.00. The van der Waals surface area contributed by atoms with Crippen molar-refractivity contribution in [3.63, 3.8) is 0 Å². The maximum absolute atomic E-state index is 9.22. The second-order valence-corrected chi connectivity index (χ2v) is 3.06. The van der Waals surface area contributed by atoms with Crippen molar-refractivity contribution >= 4 is 22.6 Å². The van der Waals surface area contributed by atoms with Crippen LogP contribution in [0.4, 0.5) is 0 Å². The van der Waals surface area contributed by atoms with Crippen LogP contribution in [0, 0.1) is 0 Å². The van der Waals surface area contributed by atoms with Crippen LogP contribution in [0.3, 0.4) is 0 Å². The normalized spacial score (nSPS) is 14.8. The Hall–Kier alpha value is 0.170. The minimum Gasteiger partial charge on any atom is -0.389 e. The highest BCUT2D eigenvalue weighted by molar-refractivity contribution is 14.1. The molecule has 0 aliphatic heterocycles. The predicted octanol–water partition coefficient (Wildman–Crippen LogP) is 3.04. The third kappa shape index (κ3) is 8.07. The number of aliphatic hydroxyl groups excluding tert-OH is 1. The molecule has 0 radical (unpaired) electrons. The Morgan fingerprint density at radius 3 is 2.73 bits per heavy atom. The van der Waals surface area contributed by atoms with E-state index in [0.29, 0.717) is 0 Å². The molecule has 64 valence electrons. The lowest BCUT2D eigenvalue weighted by atomic mass is 10.2. The van der Waals surface area contributed by atoms with Gasteiger partial charge in [-0.05, 0) is 23.3 Å². The number of rotatable bonds is 5. The number of halogens is 1. The van der Waals surface area contributed by atoms with Crippen LogP contribution in [0.25, 0.3) is 0 Å². The first kappa shape index (κ1) is 11.2. The van der Waals surface area contributed by atoms with Crippen molar-refractivity contribution in [3.8, 4) is 0 Å². The minimum absolute atomic E-state index is 0.270. The van der Waals surface area contributed by atoms with Gasteiger partial charge in [-0.25, -0.2) is 0 Å². The Morgan fingerprint density at radius 2 is 2.18 bits per heavy atom. The first-order valence-corrected chi connectivity index (χ1v) is 5.15. The largest absolute Gasteiger partial charge is 0.389 e. The molecule has 0 saturated heterocycles. The molecule has 2 heteroatoms. The summed E-state index contributed by atoms with van der Waals surface area (Å²) in [5, 5.41) is 9.22. The summed E-state index contributed by atoms with van der Waals surface area (Å²) in [5.41, 5.74) is 0. The zero-order chi connectivity index (χ0) is 8.53.